The summed E-state index contributed by atoms with van der Waals surface area (Å²) in [6.45, 7) is 5.94. The molecule has 0 aliphatic carbocycles. The molecule has 204 valence electrons. The Hall–Kier alpha value is -4.24. The zero-order chi connectivity index (χ0) is 27.0. The van der Waals surface area contributed by atoms with Gasteiger partial charge in [-0.05, 0) is 82.2 Å². The fourth-order valence-corrected chi connectivity index (χ4v) is 4.97. The lowest BCUT2D eigenvalue weighted by Crippen LogP contribution is -2.33. The number of rotatable bonds is 9. The van der Waals surface area contributed by atoms with Crippen LogP contribution in [0.25, 0.3) is 5.52 Å². The summed E-state index contributed by atoms with van der Waals surface area (Å²) in [5.74, 6) is 1.52. The number of fused-ring (bicyclic) bond motifs is 1. The lowest BCUT2D eigenvalue weighted by Gasteiger charge is -2.19. The van der Waals surface area contributed by atoms with Crippen LogP contribution in [0.4, 0.5) is 27.5 Å². The molecule has 9 nitrogen and oxygen atoms in total. The van der Waals surface area contributed by atoms with Crippen LogP contribution in [0, 0.1) is 6.92 Å². The molecule has 4 aromatic rings. The maximum atomic E-state index is 12.6. The second-order valence-electron chi connectivity index (χ2n) is 9.99. The van der Waals surface area contributed by atoms with Crippen molar-refractivity contribution in [3.05, 3.63) is 72.6 Å². The van der Waals surface area contributed by atoms with Crippen molar-refractivity contribution < 1.29 is 9.53 Å². The molecular weight excluding hydrogens is 490 g/mol. The number of nitrogens with two attached hydrogens (primary N) is 1. The minimum Gasteiger partial charge on any atom is -0.457 e. The van der Waals surface area contributed by atoms with E-state index in [2.05, 4.69) is 25.9 Å². The number of aromatic nitrogens is 2. The van der Waals surface area contributed by atoms with Crippen LogP contribution in [-0.4, -0.2) is 46.7 Å². The van der Waals surface area contributed by atoms with E-state index in [9.17, 15) is 4.79 Å². The molecule has 0 unspecified atom stereocenters. The monoisotopic (exact) mass is 527 g/mol. The first kappa shape index (κ1) is 26.4. The number of benzene rings is 2. The number of urea groups is 1. The highest BCUT2D eigenvalue weighted by Gasteiger charge is 2.16. The number of hydrogen-bond donors (Lipinski definition) is 4. The Morgan fingerprint density at radius 1 is 1.00 bits per heavy atom. The summed E-state index contributed by atoms with van der Waals surface area (Å²) in [6.07, 6.45) is 9.56. The van der Waals surface area contributed by atoms with E-state index < -0.39 is 0 Å². The molecule has 0 atom stereocenters. The van der Waals surface area contributed by atoms with E-state index in [0.717, 1.165) is 46.9 Å². The van der Waals surface area contributed by atoms with Crippen molar-refractivity contribution >= 4 is 34.3 Å². The molecule has 5 N–H and O–H groups in total. The molecule has 1 aliphatic rings. The Kier molecular flexibility index (Phi) is 8.48. The van der Waals surface area contributed by atoms with Crippen molar-refractivity contribution in [3.8, 4) is 11.5 Å². The van der Waals surface area contributed by atoms with Crippen molar-refractivity contribution in [2.45, 2.75) is 39.0 Å². The van der Waals surface area contributed by atoms with E-state index in [0.29, 0.717) is 17.9 Å². The highest BCUT2D eigenvalue weighted by molar-refractivity contribution is 5.96. The lowest BCUT2D eigenvalue weighted by atomic mass is 10.2. The van der Waals surface area contributed by atoms with Crippen molar-refractivity contribution in [3.63, 3.8) is 0 Å². The van der Waals surface area contributed by atoms with Gasteiger partial charge in [0.1, 0.15) is 11.5 Å². The van der Waals surface area contributed by atoms with Gasteiger partial charge in [-0.15, -0.1) is 0 Å². The smallest absolute Gasteiger partial charge is 0.319 e. The van der Waals surface area contributed by atoms with Crippen LogP contribution in [0.2, 0.25) is 0 Å². The van der Waals surface area contributed by atoms with Gasteiger partial charge in [-0.25, -0.2) is 9.31 Å². The van der Waals surface area contributed by atoms with Gasteiger partial charge in [0.2, 0.25) is 0 Å². The van der Waals surface area contributed by atoms with E-state index in [-0.39, 0.29) is 6.03 Å². The van der Waals surface area contributed by atoms with Gasteiger partial charge in [0.05, 0.1) is 35.0 Å². The summed E-state index contributed by atoms with van der Waals surface area (Å²) in [5.41, 5.74) is 10.8. The molecule has 2 amide bonds. The lowest BCUT2D eigenvalue weighted by molar-refractivity contribution is 0.249. The molecule has 2 aromatic carbocycles. The zero-order valence-corrected chi connectivity index (χ0v) is 22.5. The Morgan fingerprint density at radius 3 is 2.46 bits per heavy atom. The van der Waals surface area contributed by atoms with E-state index >= 15 is 0 Å². The van der Waals surface area contributed by atoms with Gasteiger partial charge in [0, 0.05) is 17.8 Å². The Morgan fingerprint density at radius 2 is 1.72 bits per heavy atom. The number of para-hydroxylation sites is 1. The van der Waals surface area contributed by atoms with Crippen molar-refractivity contribution in [2.75, 3.05) is 42.5 Å². The third-order valence-corrected chi connectivity index (χ3v) is 7.07. The second-order valence-corrected chi connectivity index (χ2v) is 9.99. The summed E-state index contributed by atoms with van der Waals surface area (Å²) >= 11 is 0. The van der Waals surface area contributed by atoms with E-state index in [1.807, 2.05) is 67.7 Å². The van der Waals surface area contributed by atoms with Crippen LogP contribution in [0.3, 0.4) is 0 Å². The molecule has 2 aromatic heterocycles. The van der Waals surface area contributed by atoms with E-state index in [4.69, 9.17) is 10.5 Å². The van der Waals surface area contributed by atoms with Crippen molar-refractivity contribution in [1.29, 1.82) is 0 Å². The minimum atomic E-state index is -0.221. The van der Waals surface area contributed by atoms with Crippen molar-refractivity contribution in [1.82, 2.24) is 19.8 Å². The first-order valence-corrected chi connectivity index (χ1v) is 13.7. The van der Waals surface area contributed by atoms with Crippen LogP contribution < -0.4 is 26.4 Å². The number of nitrogens with zero attached hydrogens (tertiary/aromatic N) is 3. The van der Waals surface area contributed by atoms with Gasteiger partial charge in [0.25, 0.3) is 0 Å². The quantitative estimate of drug-likeness (QED) is 0.195. The molecule has 1 aliphatic heterocycles. The number of ether oxygens (including phenoxy) is 1. The molecule has 0 spiro atoms. The summed E-state index contributed by atoms with van der Waals surface area (Å²) in [6, 6.07) is 17.1. The number of likely N-dealkylation sites (tertiary alicyclic amines) is 1. The number of hydrogen-bond acceptors (Lipinski definition) is 6. The van der Waals surface area contributed by atoms with Gasteiger partial charge in [-0.3, -0.25) is 0 Å². The average Bonchev–Trinajstić information content (AvgIpc) is 3.09. The fraction of sp³-hybridized carbons (Fsp3) is 0.333. The van der Waals surface area contributed by atoms with Crippen LogP contribution >= 0.6 is 0 Å². The largest absolute Gasteiger partial charge is 0.457 e. The van der Waals surface area contributed by atoms with Gasteiger partial charge in [-0.2, -0.15) is 5.10 Å². The Balaban J connectivity index is 1.21. The number of nitrogen functional groups attached to an aromatic ring is 1. The highest BCUT2D eigenvalue weighted by atomic mass is 16.5. The molecule has 3 heterocycles. The standard InChI is InChI=1S/C30H37N7O2/c1-22-27(35-30(38)32-16-9-19-36-17-7-2-3-8-18-36)21-37-29(22)28(26(31)20-33-37)34-23-12-14-25(15-13-23)39-24-10-5-4-6-11-24/h4-6,10-15,20-21,34H,2-3,7-9,16-19,31H2,1H3,(H2,32,35,38). The van der Waals surface area contributed by atoms with Crippen molar-refractivity contribution in [2.24, 2.45) is 0 Å². The van der Waals surface area contributed by atoms with Gasteiger partial charge < -0.3 is 31.3 Å². The number of carbonyl (C=O) groups excluding carboxylic acids is 1. The molecule has 0 bridgehead atoms. The molecule has 0 radical (unpaired) electrons. The third kappa shape index (κ3) is 6.80. The van der Waals surface area contributed by atoms with Crippen LogP contribution in [0.1, 0.15) is 37.7 Å². The molecule has 1 saturated heterocycles. The van der Waals surface area contributed by atoms with Crippen LogP contribution in [0.5, 0.6) is 11.5 Å². The van der Waals surface area contributed by atoms with Gasteiger partial charge in [0.15, 0.2) is 0 Å². The Bertz CT molecular complexity index is 1380. The normalized spacial score (nSPS) is 14.1. The van der Waals surface area contributed by atoms with Crippen LogP contribution in [0.15, 0.2) is 67.0 Å². The first-order valence-electron chi connectivity index (χ1n) is 13.7. The minimum absolute atomic E-state index is 0.221. The maximum Gasteiger partial charge on any atom is 0.319 e. The predicted octanol–water partition coefficient (Wildman–Crippen LogP) is 6.15. The third-order valence-electron chi connectivity index (χ3n) is 7.07. The molecule has 5 rings (SSSR count). The number of carbonyl (C=O) groups is 1. The van der Waals surface area contributed by atoms with Gasteiger partial charge >= 0.3 is 6.03 Å². The Labute approximate surface area is 229 Å². The average molecular weight is 528 g/mol. The summed E-state index contributed by atoms with van der Waals surface area (Å²) in [7, 11) is 0. The topological polar surface area (TPSA) is 109 Å². The number of anilines is 4. The van der Waals surface area contributed by atoms with Crippen LogP contribution in [-0.2, 0) is 0 Å². The molecule has 9 heteroatoms. The van der Waals surface area contributed by atoms with E-state index in [1.165, 1.54) is 38.8 Å². The summed E-state index contributed by atoms with van der Waals surface area (Å²) in [5, 5.41) is 13.8. The SMILES string of the molecule is Cc1c(NC(=O)NCCCN2CCCCCC2)cn2ncc(N)c(Nc3ccc(Oc4ccccc4)cc3)c12. The molecular formula is C30H37N7O2. The zero-order valence-electron chi connectivity index (χ0n) is 22.5. The number of nitrogens with one attached hydrogen (secondary N) is 3. The maximum absolute atomic E-state index is 12.6. The van der Waals surface area contributed by atoms with E-state index in [1.54, 1.807) is 10.7 Å². The predicted molar refractivity (Wildman–Crippen MR) is 157 cm³/mol. The first-order chi connectivity index (χ1) is 19.1. The number of aryl methyl sites for hydroxylation is 1. The number of amides is 2. The highest BCUT2D eigenvalue weighted by Crippen LogP contribution is 2.34. The fourth-order valence-electron chi connectivity index (χ4n) is 4.97. The van der Waals surface area contributed by atoms with Gasteiger partial charge in [-0.1, -0.05) is 31.0 Å². The second kappa shape index (κ2) is 12.5. The molecule has 1 fully saturated rings. The summed E-state index contributed by atoms with van der Waals surface area (Å²) < 4.78 is 7.62. The molecule has 0 saturated carbocycles. The summed E-state index contributed by atoms with van der Waals surface area (Å²) in [4.78, 5) is 15.1. The molecule has 39 heavy (non-hydrogen) atoms.